The van der Waals surface area contributed by atoms with Gasteiger partial charge >= 0.3 is 12.3 Å². The number of nitrogens with zero attached hydrogens (tertiary/aromatic N) is 1. The molecule has 5 nitrogen and oxygen atoms in total. The third-order valence-electron chi connectivity index (χ3n) is 4.45. The molecule has 31 heavy (non-hydrogen) atoms. The van der Waals surface area contributed by atoms with E-state index in [1.807, 2.05) is 37.2 Å². The largest absolute Gasteiger partial charge is 0.451 e. The average Bonchev–Trinajstić information content (AvgIpc) is 3.06. The highest BCUT2D eigenvalue weighted by atomic mass is 19.3. The number of para-hydroxylation sites is 1. The van der Waals surface area contributed by atoms with Gasteiger partial charge in [0.25, 0.3) is 5.91 Å². The number of rotatable bonds is 9. The van der Waals surface area contributed by atoms with Crippen LogP contribution in [0.25, 0.3) is 11.0 Å². The number of amides is 1. The van der Waals surface area contributed by atoms with Crippen molar-refractivity contribution in [1.29, 1.82) is 0 Å². The number of furan rings is 1. The fourth-order valence-corrected chi connectivity index (χ4v) is 3.05. The van der Waals surface area contributed by atoms with Crippen molar-refractivity contribution < 1.29 is 31.5 Å². The van der Waals surface area contributed by atoms with Gasteiger partial charge in [0.05, 0.1) is 6.61 Å². The Hall–Kier alpha value is -2.91. The summed E-state index contributed by atoms with van der Waals surface area (Å²) in [6, 6.07) is 13.6. The lowest BCUT2D eigenvalue weighted by Gasteiger charge is -2.15. The number of fused-ring (bicyclic) bond motifs is 1. The Morgan fingerprint density at radius 3 is 2.61 bits per heavy atom. The van der Waals surface area contributed by atoms with Crippen molar-refractivity contribution >= 4 is 22.6 Å². The van der Waals surface area contributed by atoms with E-state index in [0.717, 1.165) is 10.9 Å². The molecule has 3 aromatic rings. The average molecular weight is 438 g/mol. The Bertz CT molecular complexity index is 1050. The summed E-state index contributed by atoms with van der Waals surface area (Å²) in [5, 5.41) is 3.56. The van der Waals surface area contributed by atoms with E-state index in [1.54, 1.807) is 24.3 Å². The van der Waals surface area contributed by atoms with E-state index >= 15 is 0 Å². The highest BCUT2D eigenvalue weighted by Crippen LogP contribution is 2.28. The van der Waals surface area contributed by atoms with Crippen LogP contribution < -0.4 is 5.32 Å². The van der Waals surface area contributed by atoms with Crippen molar-refractivity contribution in [2.24, 2.45) is 0 Å². The number of halogens is 4. The maximum atomic E-state index is 13.0. The minimum absolute atomic E-state index is 0.174. The summed E-state index contributed by atoms with van der Waals surface area (Å²) in [5.41, 5.74) is 2.17. The van der Waals surface area contributed by atoms with Gasteiger partial charge in [-0.15, -0.1) is 0 Å². The standard InChI is InChI=1S/C22H22F4N2O3/c1-28(2)11-17-16-8-3-4-9-18(16)31-19(17)20(29)27-15-7-5-6-14(10-15)12-30-13-22(25,26)21(23)24/h3-10,21H,11-13H2,1-2H3,(H,27,29). The van der Waals surface area contributed by atoms with Crippen LogP contribution in [0.15, 0.2) is 52.9 Å². The number of benzene rings is 2. The lowest BCUT2D eigenvalue weighted by Crippen LogP contribution is -2.32. The van der Waals surface area contributed by atoms with Gasteiger partial charge in [0.2, 0.25) is 0 Å². The van der Waals surface area contributed by atoms with Crippen LogP contribution in [0.3, 0.4) is 0 Å². The molecule has 0 fully saturated rings. The van der Waals surface area contributed by atoms with Gasteiger partial charge in [-0.1, -0.05) is 30.3 Å². The molecule has 1 N–H and O–H groups in total. The third-order valence-corrected chi connectivity index (χ3v) is 4.45. The molecule has 9 heteroatoms. The zero-order chi connectivity index (χ0) is 22.6. The van der Waals surface area contributed by atoms with E-state index in [0.29, 0.717) is 23.4 Å². The van der Waals surface area contributed by atoms with Gasteiger partial charge in [0.15, 0.2) is 5.76 Å². The number of hydrogen-bond acceptors (Lipinski definition) is 4. The Morgan fingerprint density at radius 1 is 1.16 bits per heavy atom. The SMILES string of the molecule is CN(C)Cc1c(C(=O)Nc2cccc(COCC(F)(F)C(F)F)c2)oc2ccccc12. The molecule has 2 aromatic carbocycles. The van der Waals surface area contributed by atoms with Crippen LogP contribution in [-0.2, 0) is 17.9 Å². The van der Waals surface area contributed by atoms with E-state index in [1.165, 1.54) is 6.07 Å². The smallest absolute Gasteiger partial charge is 0.330 e. The Kier molecular flexibility index (Phi) is 6.97. The van der Waals surface area contributed by atoms with E-state index in [4.69, 9.17) is 9.15 Å². The zero-order valence-electron chi connectivity index (χ0n) is 17.0. The summed E-state index contributed by atoms with van der Waals surface area (Å²) in [7, 11) is 3.76. The molecule has 1 amide bonds. The topological polar surface area (TPSA) is 54.7 Å². The second kappa shape index (κ2) is 9.49. The predicted molar refractivity (Wildman–Crippen MR) is 109 cm³/mol. The number of ether oxygens (including phenoxy) is 1. The summed E-state index contributed by atoms with van der Waals surface area (Å²) >= 11 is 0. The monoisotopic (exact) mass is 438 g/mol. The molecule has 0 spiro atoms. The number of nitrogens with one attached hydrogen (secondary N) is 1. The molecule has 0 atom stereocenters. The molecular weight excluding hydrogens is 416 g/mol. The molecule has 0 saturated heterocycles. The van der Waals surface area contributed by atoms with Gasteiger partial charge in [0, 0.05) is 23.2 Å². The summed E-state index contributed by atoms with van der Waals surface area (Å²) in [6.45, 7) is -1.21. The van der Waals surface area contributed by atoms with Crippen molar-refractivity contribution in [2.45, 2.75) is 25.5 Å². The normalized spacial score (nSPS) is 12.1. The van der Waals surface area contributed by atoms with Gasteiger partial charge in [-0.3, -0.25) is 4.79 Å². The molecule has 0 aliphatic carbocycles. The number of carbonyl (C=O) groups excluding carboxylic acids is 1. The van der Waals surface area contributed by atoms with E-state index in [-0.39, 0.29) is 12.4 Å². The number of anilines is 1. The van der Waals surface area contributed by atoms with E-state index < -0.39 is 24.9 Å². The molecule has 1 heterocycles. The van der Waals surface area contributed by atoms with Gasteiger partial charge in [-0.05, 0) is 37.9 Å². The van der Waals surface area contributed by atoms with Crippen LogP contribution in [0, 0.1) is 0 Å². The molecule has 0 radical (unpaired) electrons. The quantitative estimate of drug-likeness (QED) is 0.469. The summed E-state index contributed by atoms with van der Waals surface area (Å²) in [5.74, 6) is -4.50. The first-order valence-corrected chi connectivity index (χ1v) is 9.46. The fourth-order valence-electron chi connectivity index (χ4n) is 3.05. The second-order valence-electron chi connectivity index (χ2n) is 7.35. The van der Waals surface area contributed by atoms with Crippen molar-refractivity contribution in [2.75, 3.05) is 26.0 Å². The molecule has 166 valence electrons. The van der Waals surface area contributed by atoms with Crippen molar-refractivity contribution in [3.05, 3.63) is 65.4 Å². The Morgan fingerprint density at radius 2 is 1.90 bits per heavy atom. The summed E-state index contributed by atoms with van der Waals surface area (Å²) in [6.07, 6.45) is -3.79. The van der Waals surface area contributed by atoms with Gasteiger partial charge in [0.1, 0.15) is 12.2 Å². The number of alkyl halides is 4. The fraction of sp³-hybridized carbons (Fsp3) is 0.318. The Labute approximate surface area is 176 Å². The molecule has 1 aromatic heterocycles. The minimum Gasteiger partial charge on any atom is -0.451 e. The van der Waals surface area contributed by atoms with Crippen LogP contribution >= 0.6 is 0 Å². The number of hydrogen-bond donors (Lipinski definition) is 1. The lowest BCUT2D eigenvalue weighted by molar-refractivity contribution is -0.168. The van der Waals surface area contributed by atoms with Crippen LogP contribution in [0.4, 0.5) is 23.2 Å². The molecule has 0 bridgehead atoms. The molecule has 0 aliphatic rings. The van der Waals surface area contributed by atoms with Gasteiger partial charge in [-0.2, -0.15) is 8.78 Å². The van der Waals surface area contributed by atoms with Crippen molar-refractivity contribution in [3.63, 3.8) is 0 Å². The van der Waals surface area contributed by atoms with Crippen LogP contribution in [-0.4, -0.2) is 43.9 Å². The maximum absolute atomic E-state index is 13.0. The first-order valence-electron chi connectivity index (χ1n) is 9.46. The molecule has 0 aliphatic heterocycles. The number of carbonyl (C=O) groups is 1. The van der Waals surface area contributed by atoms with Crippen LogP contribution in [0.1, 0.15) is 21.7 Å². The summed E-state index contributed by atoms with van der Waals surface area (Å²) < 4.78 is 60.8. The van der Waals surface area contributed by atoms with Crippen molar-refractivity contribution in [3.8, 4) is 0 Å². The molecule has 3 rings (SSSR count). The van der Waals surface area contributed by atoms with Gasteiger partial charge < -0.3 is 19.4 Å². The highest BCUT2D eigenvalue weighted by molar-refractivity contribution is 6.06. The first-order chi connectivity index (χ1) is 14.7. The Balaban J connectivity index is 1.73. The molecule has 0 unspecified atom stereocenters. The van der Waals surface area contributed by atoms with Crippen LogP contribution in [0.5, 0.6) is 0 Å². The highest BCUT2D eigenvalue weighted by Gasteiger charge is 2.40. The zero-order valence-corrected chi connectivity index (χ0v) is 17.0. The molecular formula is C22H22F4N2O3. The molecule has 0 saturated carbocycles. The third kappa shape index (κ3) is 5.62. The van der Waals surface area contributed by atoms with Crippen molar-refractivity contribution in [1.82, 2.24) is 4.90 Å². The van der Waals surface area contributed by atoms with E-state index in [2.05, 4.69) is 5.32 Å². The van der Waals surface area contributed by atoms with Crippen LogP contribution in [0.2, 0.25) is 0 Å². The van der Waals surface area contributed by atoms with E-state index in [9.17, 15) is 22.4 Å². The maximum Gasteiger partial charge on any atom is 0.330 e. The lowest BCUT2D eigenvalue weighted by atomic mass is 10.1. The second-order valence-corrected chi connectivity index (χ2v) is 7.35. The predicted octanol–water partition coefficient (Wildman–Crippen LogP) is 5.16. The summed E-state index contributed by atoms with van der Waals surface area (Å²) in [4.78, 5) is 14.8. The van der Waals surface area contributed by atoms with Gasteiger partial charge in [-0.25, -0.2) is 8.78 Å². The minimum atomic E-state index is -4.21. The first kappa shape index (κ1) is 22.8.